The number of nitrogens with zero attached hydrogens (tertiary/aromatic N) is 1. The highest BCUT2D eigenvalue weighted by Gasteiger charge is 2.16. The minimum absolute atomic E-state index is 0.000303. The Hall–Kier alpha value is -2.57. The maximum atomic E-state index is 12.2. The van der Waals surface area contributed by atoms with Crippen LogP contribution in [0.25, 0.3) is 10.1 Å². The Balaban J connectivity index is 1.75. The van der Waals surface area contributed by atoms with Crippen molar-refractivity contribution in [2.24, 2.45) is 5.10 Å². The van der Waals surface area contributed by atoms with Gasteiger partial charge in [0.15, 0.2) is 11.5 Å². The third-order valence-corrected chi connectivity index (χ3v) is 5.00. The Bertz CT molecular complexity index is 937. The van der Waals surface area contributed by atoms with E-state index in [0.29, 0.717) is 21.2 Å². The maximum Gasteiger partial charge on any atom is 0.283 e. The normalized spacial score (nSPS) is 11.1. The highest BCUT2D eigenvalue weighted by Crippen LogP contribution is 2.34. The van der Waals surface area contributed by atoms with E-state index in [0.717, 1.165) is 10.1 Å². The SMILES string of the molecule is COc1ccc(/C=N\NC(=O)c2sc3ccccc3c2Cl)cc1O. The number of fused-ring (bicyclic) bond motifs is 1. The first-order valence-corrected chi connectivity index (χ1v) is 8.17. The maximum absolute atomic E-state index is 12.2. The van der Waals surface area contributed by atoms with Gasteiger partial charge in [0.05, 0.1) is 18.3 Å². The monoisotopic (exact) mass is 360 g/mol. The molecule has 1 amide bonds. The van der Waals surface area contributed by atoms with Crippen LogP contribution in [0.3, 0.4) is 0 Å². The molecule has 0 saturated carbocycles. The summed E-state index contributed by atoms with van der Waals surface area (Å²) in [6, 6.07) is 12.4. The van der Waals surface area contributed by atoms with Crippen molar-refractivity contribution in [1.29, 1.82) is 0 Å². The van der Waals surface area contributed by atoms with E-state index in [-0.39, 0.29) is 11.7 Å². The lowest BCUT2D eigenvalue weighted by Crippen LogP contribution is -2.16. The van der Waals surface area contributed by atoms with Crippen LogP contribution in [-0.2, 0) is 0 Å². The lowest BCUT2D eigenvalue weighted by atomic mass is 10.2. The van der Waals surface area contributed by atoms with E-state index in [2.05, 4.69) is 10.5 Å². The molecule has 0 fully saturated rings. The molecule has 24 heavy (non-hydrogen) atoms. The number of carbonyl (C=O) groups excluding carboxylic acids is 1. The molecule has 2 aromatic carbocycles. The molecule has 0 bridgehead atoms. The molecule has 0 spiro atoms. The van der Waals surface area contributed by atoms with E-state index in [4.69, 9.17) is 16.3 Å². The second kappa shape index (κ2) is 6.90. The Morgan fingerprint density at radius 1 is 1.33 bits per heavy atom. The number of benzene rings is 2. The number of rotatable bonds is 4. The Labute approximate surface area is 147 Å². The molecule has 0 unspecified atom stereocenters. The van der Waals surface area contributed by atoms with Gasteiger partial charge < -0.3 is 9.84 Å². The van der Waals surface area contributed by atoms with Gasteiger partial charge in [-0.15, -0.1) is 11.3 Å². The summed E-state index contributed by atoms with van der Waals surface area (Å²) in [5, 5.41) is 14.9. The Morgan fingerprint density at radius 3 is 2.83 bits per heavy atom. The van der Waals surface area contributed by atoms with Crippen LogP contribution in [0.4, 0.5) is 0 Å². The summed E-state index contributed by atoms with van der Waals surface area (Å²) >= 11 is 7.56. The molecule has 1 heterocycles. The molecule has 3 rings (SSSR count). The third-order valence-electron chi connectivity index (χ3n) is 3.32. The van der Waals surface area contributed by atoms with Crippen LogP contribution in [0.1, 0.15) is 15.2 Å². The first kappa shape index (κ1) is 16.3. The second-order valence-corrected chi connectivity index (χ2v) is 6.30. The number of carbonyl (C=O) groups is 1. The van der Waals surface area contributed by atoms with Crippen molar-refractivity contribution in [3.8, 4) is 11.5 Å². The van der Waals surface area contributed by atoms with Gasteiger partial charge in [-0.1, -0.05) is 29.8 Å². The molecule has 1 aromatic heterocycles. The van der Waals surface area contributed by atoms with E-state index in [1.807, 2.05) is 24.3 Å². The summed E-state index contributed by atoms with van der Waals surface area (Å²) in [4.78, 5) is 12.6. The van der Waals surface area contributed by atoms with Crippen molar-refractivity contribution in [3.05, 3.63) is 57.9 Å². The van der Waals surface area contributed by atoms with Crippen LogP contribution in [0, 0.1) is 0 Å². The van der Waals surface area contributed by atoms with Gasteiger partial charge in [0.1, 0.15) is 4.88 Å². The molecule has 0 atom stereocenters. The molecule has 0 aliphatic rings. The minimum atomic E-state index is -0.379. The number of hydrogen-bond donors (Lipinski definition) is 2. The van der Waals surface area contributed by atoms with Gasteiger partial charge >= 0.3 is 0 Å². The summed E-state index contributed by atoms with van der Waals surface area (Å²) in [5.41, 5.74) is 3.06. The van der Waals surface area contributed by atoms with Crippen molar-refractivity contribution < 1.29 is 14.6 Å². The predicted molar refractivity (Wildman–Crippen MR) is 96.6 cm³/mol. The Morgan fingerprint density at radius 2 is 2.12 bits per heavy atom. The fourth-order valence-electron chi connectivity index (χ4n) is 2.16. The molecular formula is C17H13ClN2O3S. The Kier molecular flexibility index (Phi) is 4.69. The number of ether oxygens (including phenoxy) is 1. The minimum Gasteiger partial charge on any atom is -0.504 e. The smallest absolute Gasteiger partial charge is 0.283 e. The number of phenols is 1. The molecule has 0 saturated heterocycles. The molecule has 0 aliphatic carbocycles. The van der Waals surface area contributed by atoms with Crippen molar-refractivity contribution in [2.45, 2.75) is 0 Å². The van der Waals surface area contributed by atoms with Crippen molar-refractivity contribution in [2.75, 3.05) is 7.11 Å². The van der Waals surface area contributed by atoms with Crippen LogP contribution in [0.5, 0.6) is 11.5 Å². The van der Waals surface area contributed by atoms with E-state index in [1.54, 1.807) is 12.1 Å². The third kappa shape index (κ3) is 3.20. The quantitative estimate of drug-likeness (QED) is 0.545. The zero-order chi connectivity index (χ0) is 17.1. The van der Waals surface area contributed by atoms with E-state index in [1.165, 1.54) is 30.7 Å². The number of nitrogens with one attached hydrogen (secondary N) is 1. The summed E-state index contributed by atoms with van der Waals surface area (Å²) < 4.78 is 5.91. The number of amides is 1. The average molecular weight is 361 g/mol. The molecular weight excluding hydrogens is 348 g/mol. The number of halogens is 1. The molecule has 5 nitrogen and oxygen atoms in total. The molecule has 0 aliphatic heterocycles. The highest BCUT2D eigenvalue weighted by atomic mass is 35.5. The largest absolute Gasteiger partial charge is 0.504 e. The number of aromatic hydroxyl groups is 1. The van der Waals surface area contributed by atoms with Crippen molar-refractivity contribution in [1.82, 2.24) is 5.43 Å². The number of hydrazone groups is 1. The molecule has 122 valence electrons. The summed E-state index contributed by atoms with van der Waals surface area (Å²) in [7, 11) is 1.47. The van der Waals surface area contributed by atoms with Crippen molar-refractivity contribution >= 4 is 45.1 Å². The molecule has 0 radical (unpaired) electrons. The first-order valence-electron chi connectivity index (χ1n) is 6.97. The average Bonchev–Trinajstić information content (AvgIpc) is 2.92. The molecule has 2 N–H and O–H groups in total. The topological polar surface area (TPSA) is 70.9 Å². The lowest BCUT2D eigenvalue weighted by Gasteiger charge is -2.03. The van der Waals surface area contributed by atoms with Gasteiger partial charge in [0.2, 0.25) is 0 Å². The number of hydrogen-bond acceptors (Lipinski definition) is 5. The number of methoxy groups -OCH3 is 1. The standard InChI is InChI=1S/C17H13ClN2O3S/c1-23-13-7-6-10(8-12(13)21)9-19-20-17(22)16-15(18)11-4-2-3-5-14(11)24-16/h2-9,21H,1H3,(H,20,22)/b19-9-. The van der Waals surface area contributed by atoms with Gasteiger partial charge in [0.25, 0.3) is 5.91 Å². The summed E-state index contributed by atoms with van der Waals surface area (Å²) in [6.45, 7) is 0. The number of thiophene rings is 1. The van der Waals surface area contributed by atoms with Gasteiger partial charge in [-0.3, -0.25) is 4.79 Å². The van der Waals surface area contributed by atoms with E-state index in [9.17, 15) is 9.90 Å². The van der Waals surface area contributed by atoms with Crippen LogP contribution in [0.2, 0.25) is 5.02 Å². The fraction of sp³-hybridized carbons (Fsp3) is 0.0588. The van der Waals surface area contributed by atoms with Crippen LogP contribution < -0.4 is 10.2 Å². The lowest BCUT2D eigenvalue weighted by molar-refractivity contribution is 0.0959. The zero-order valence-electron chi connectivity index (χ0n) is 12.6. The van der Waals surface area contributed by atoms with Gasteiger partial charge in [-0.2, -0.15) is 5.10 Å². The molecule has 7 heteroatoms. The van der Waals surface area contributed by atoms with Gasteiger partial charge in [0, 0.05) is 10.1 Å². The van der Waals surface area contributed by atoms with Crippen LogP contribution >= 0.6 is 22.9 Å². The van der Waals surface area contributed by atoms with Crippen molar-refractivity contribution in [3.63, 3.8) is 0 Å². The van der Waals surface area contributed by atoms with Crippen LogP contribution in [0.15, 0.2) is 47.6 Å². The fourth-order valence-corrected chi connectivity index (χ4v) is 3.57. The zero-order valence-corrected chi connectivity index (χ0v) is 14.2. The summed E-state index contributed by atoms with van der Waals surface area (Å²) in [5.74, 6) is -0.0104. The predicted octanol–water partition coefficient (Wildman–Crippen LogP) is 4.03. The van der Waals surface area contributed by atoms with Gasteiger partial charge in [-0.05, 0) is 29.8 Å². The molecule has 3 aromatic rings. The van der Waals surface area contributed by atoms with Crippen LogP contribution in [-0.4, -0.2) is 24.3 Å². The van der Waals surface area contributed by atoms with E-state index < -0.39 is 0 Å². The second-order valence-electron chi connectivity index (χ2n) is 4.87. The van der Waals surface area contributed by atoms with E-state index >= 15 is 0 Å². The summed E-state index contributed by atoms with van der Waals surface area (Å²) in [6.07, 6.45) is 1.43. The highest BCUT2D eigenvalue weighted by molar-refractivity contribution is 7.21. The number of phenolic OH excluding ortho intramolecular Hbond substituents is 1. The van der Waals surface area contributed by atoms with Gasteiger partial charge in [-0.25, -0.2) is 5.43 Å². The first-order chi connectivity index (χ1) is 11.6.